The van der Waals surface area contributed by atoms with Crippen LogP contribution < -0.4 is 0 Å². The maximum absolute atomic E-state index is 6.16. The van der Waals surface area contributed by atoms with E-state index < -0.39 is 0 Å². The predicted octanol–water partition coefficient (Wildman–Crippen LogP) is 3.27. The Morgan fingerprint density at radius 3 is 2.72 bits per heavy atom. The molecule has 0 aliphatic rings. The van der Waals surface area contributed by atoms with E-state index in [0.29, 0.717) is 5.15 Å². The Balaban J connectivity index is 2.55. The molecule has 5 heteroatoms. The van der Waals surface area contributed by atoms with Crippen LogP contribution in [0.3, 0.4) is 0 Å². The van der Waals surface area contributed by atoms with Crippen molar-refractivity contribution in [1.29, 1.82) is 0 Å². The van der Waals surface area contributed by atoms with Crippen LogP contribution in [0.5, 0.6) is 0 Å². The largest absolute Gasteiger partial charge is 0.330 e. The summed E-state index contributed by atoms with van der Waals surface area (Å²) >= 11 is 6.16. The number of hydrogen-bond donors (Lipinski definition) is 0. The molecule has 2 rings (SSSR count). The fraction of sp³-hybridized carbons (Fsp3) is 0.462. The molecule has 4 nitrogen and oxygen atoms in total. The maximum atomic E-state index is 6.16. The number of imidazole rings is 1. The van der Waals surface area contributed by atoms with E-state index in [1.54, 1.807) is 6.20 Å². The molecule has 0 aliphatic carbocycles. The molecule has 0 saturated carbocycles. The lowest BCUT2D eigenvalue weighted by Gasteiger charge is -2.10. The summed E-state index contributed by atoms with van der Waals surface area (Å²) in [4.78, 5) is 13.2. The highest BCUT2D eigenvalue weighted by Gasteiger charge is 2.14. The second kappa shape index (κ2) is 5.48. The van der Waals surface area contributed by atoms with Crippen LogP contribution >= 0.6 is 11.6 Å². The summed E-state index contributed by atoms with van der Waals surface area (Å²) in [6, 6.07) is 0. The molecule has 0 aromatic carbocycles. The van der Waals surface area contributed by atoms with Crippen LogP contribution in [0.15, 0.2) is 12.4 Å². The zero-order chi connectivity index (χ0) is 13.1. The summed E-state index contributed by atoms with van der Waals surface area (Å²) in [5.41, 5.74) is 1.72. The van der Waals surface area contributed by atoms with Gasteiger partial charge in [0.15, 0.2) is 5.82 Å². The minimum atomic E-state index is 0.517. The molecule has 0 amide bonds. The first-order valence-corrected chi connectivity index (χ1v) is 6.59. The van der Waals surface area contributed by atoms with E-state index in [9.17, 15) is 0 Å². The number of aryl methyl sites for hydroxylation is 2. The van der Waals surface area contributed by atoms with E-state index in [1.807, 2.05) is 20.0 Å². The topological polar surface area (TPSA) is 43.6 Å². The van der Waals surface area contributed by atoms with Crippen molar-refractivity contribution in [3.05, 3.63) is 28.9 Å². The lowest BCUT2D eigenvalue weighted by Crippen LogP contribution is -2.05. The Morgan fingerprint density at radius 2 is 2.06 bits per heavy atom. The van der Waals surface area contributed by atoms with Gasteiger partial charge in [0.2, 0.25) is 0 Å². The molecule has 0 aliphatic heterocycles. The van der Waals surface area contributed by atoms with E-state index in [0.717, 1.165) is 42.3 Å². The summed E-state index contributed by atoms with van der Waals surface area (Å²) in [6.07, 6.45) is 5.59. The molecular formula is C13H17ClN4. The van der Waals surface area contributed by atoms with Gasteiger partial charge in [-0.1, -0.05) is 25.4 Å². The minimum Gasteiger partial charge on any atom is -0.330 e. The quantitative estimate of drug-likeness (QED) is 0.796. The average molecular weight is 265 g/mol. The summed E-state index contributed by atoms with van der Waals surface area (Å²) in [5.74, 6) is 1.62. The summed E-state index contributed by atoms with van der Waals surface area (Å²) in [5, 5.41) is 0.517. The highest BCUT2D eigenvalue weighted by atomic mass is 35.5. The molecule has 0 saturated heterocycles. The van der Waals surface area contributed by atoms with Crippen LogP contribution in [0.1, 0.15) is 31.7 Å². The Hall–Kier alpha value is -1.42. The van der Waals surface area contributed by atoms with Gasteiger partial charge in [0.05, 0.1) is 0 Å². The Kier molecular flexibility index (Phi) is 3.97. The molecule has 2 aromatic heterocycles. The highest BCUT2D eigenvalue weighted by molar-refractivity contribution is 6.30. The molecule has 2 heterocycles. The zero-order valence-electron chi connectivity index (χ0n) is 10.9. The van der Waals surface area contributed by atoms with Gasteiger partial charge in [0.25, 0.3) is 0 Å². The van der Waals surface area contributed by atoms with E-state index in [-0.39, 0.29) is 0 Å². The Morgan fingerprint density at radius 1 is 1.28 bits per heavy atom. The van der Waals surface area contributed by atoms with E-state index >= 15 is 0 Å². The van der Waals surface area contributed by atoms with Crippen LogP contribution in [0, 0.1) is 6.92 Å². The third-order valence-electron chi connectivity index (χ3n) is 2.84. The van der Waals surface area contributed by atoms with E-state index in [2.05, 4.69) is 26.4 Å². The second-order valence-electron chi connectivity index (χ2n) is 4.20. The van der Waals surface area contributed by atoms with Crippen molar-refractivity contribution in [2.45, 2.75) is 40.2 Å². The zero-order valence-corrected chi connectivity index (χ0v) is 11.7. The molecule has 18 heavy (non-hydrogen) atoms. The Bertz CT molecular complexity index is 548. The Labute approximate surface area is 112 Å². The molecule has 0 bridgehead atoms. The van der Waals surface area contributed by atoms with Gasteiger partial charge in [-0.2, -0.15) is 0 Å². The lowest BCUT2D eigenvalue weighted by atomic mass is 10.2. The lowest BCUT2D eigenvalue weighted by molar-refractivity contribution is 0.682. The molecule has 0 unspecified atom stereocenters. The monoisotopic (exact) mass is 264 g/mol. The number of halogens is 1. The van der Waals surface area contributed by atoms with Crippen molar-refractivity contribution in [3.8, 4) is 11.5 Å². The van der Waals surface area contributed by atoms with Crippen LogP contribution in [0.4, 0.5) is 0 Å². The van der Waals surface area contributed by atoms with E-state index in [1.165, 1.54) is 0 Å². The maximum Gasteiger partial charge on any atom is 0.159 e. The molecule has 0 spiro atoms. The van der Waals surface area contributed by atoms with Crippen molar-refractivity contribution < 1.29 is 0 Å². The first-order valence-electron chi connectivity index (χ1n) is 6.21. The molecule has 2 aromatic rings. The molecule has 0 fully saturated rings. The summed E-state index contributed by atoms with van der Waals surface area (Å²) in [6.45, 7) is 7.02. The fourth-order valence-electron chi connectivity index (χ4n) is 1.86. The predicted molar refractivity (Wildman–Crippen MR) is 72.7 cm³/mol. The standard InChI is InChI=1S/C13H17ClN4/c1-4-7-18-8-6-15-13(18)11-9(3)12(14)17-10(5-2)16-11/h6,8H,4-5,7H2,1-3H3. The summed E-state index contributed by atoms with van der Waals surface area (Å²) < 4.78 is 2.10. The fourth-order valence-corrected chi connectivity index (χ4v) is 2.04. The van der Waals surface area contributed by atoms with Gasteiger partial charge in [0, 0.05) is 30.9 Å². The van der Waals surface area contributed by atoms with Crippen molar-refractivity contribution in [1.82, 2.24) is 19.5 Å². The minimum absolute atomic E-state index is 0.517. The second-order valence-corrected chi connectivity index (χ2v) is 4.56. The SMILES string of the molecule is CCCn1ccnc1-c1nc(CC)nc(Cl)c1C. The molecule has 96 valence electrons. The molecule has 0 atom stereocenters. The molecule has 0 radical (unpaired) electrons. The van der Waals surface area contributed by atoms with Crippen LogP contribution in [-0.4, -0.2) is 19.5 Å². The van der Waals surface area contributed by atoms with Crippen molar-refractivity contribution in [3.63, 3.8) is 0 Å². The van der Waals surface area contributed by atoms with E-state index in [4.69, 9.17) is 11.6 Å². The van der Waals surface area contributed by atoms with Crippen LogP contribution in [0.2, 0.25) is 5.15 Å². The van der Waals surface area contributed by atoms with Gasteiger partial charge in [-0.05, 0) is 13.3 Å². The van der Waals surface area contributed by atoms with Gasteiger partial charge < -0.3 is 4.57 Å². The smallest absolute Gasteiger partial charge is 0.159 e. The number of hydrogen-bond acceptors (Lipinski definition) is 3. The van der Waals surface area contributed by atoms with Crippen LogP contribution in [0.25, 0.3) is 11.5 Å². The number of rotatable bonds is 4. The summed E-state index contributed by atoms with van der Waals surface area (Å²) in [7, 11) is 0. The van der Waals surface area contributed by atoms with Crippen molar-refractivity contribution in [2.24, 2.45) is 0 Å². The molecule has 0 N–H and O–H groups in total. The van der Waals surface area contributed by atoms with Gasteiger partial charge >= 0.3 is 0 Å². The normalized spacial score (nSPS) is 10.9. The highest BCUT2D eigenvalue weighted by Crippen LogP contribution is 2.24. The number of aromatic nitrogens is 4. The first-order chi connectivity index (χ1) is 8.67. The third kappa shape index (κ3) is 2.38. The van der Waals surface area contributed by atoms with Gasteiger partial charge in [-0.3, -0.25) is 0 Å². The van der Waals surface area contributed by atoms with Crippen molar-refractivity contribution in [2.75, 3.05) is 0 Å². The molecular weight excluding hydrogens is 248 g/mol. The van der Waals surface area contributed by atoms with Crippen molar-refractivity contribution >= 4 is 11.6 Å². The third-order valence-corrected chi connectivity index (χ3v) is 3.21. The van der Waals surface area contributed by atoms with Crippen LogP contribution in [-0.2, 0) is 13.0 Å². The van der Waals surface area contributed by atoms with Gasteiger partial charge in [-0.15, -0.1) is 0 Å². The number of nitrogens with zero attached hydrogens (tertiary/aromatic N) is 4. The average Bonchev–Trinajstić information content (AvgIpc) is 2.81. The van der Waals surface area contributed by atoms with Gasteiger partial charge in [0.1, 0.15) is 16.7 Å². The van der Waals surface area contributed by atoms with Gasteiger partial charge in [-0.25, -0.2) is 15.0 Å². The first kappa shape index (κ1) is 13.0.